The summed E-state index contributed by atoms with van der Waals surface area (Å²) in [5, 5.41) is 4.64. The van der Waals surface area contributed by atoms with Gasteiger partial charge in [0.05, 0.1) is 26.4 Å². The molecule has 1 saturated heterocycles. The summed E-state index contributed by atoms with van der Waals surface area (Å²) in [5.74, 6) is 2.06. The van der Waals surface area contributed by atoms with E-state index >= 15 is 0 Å². The number of methoxy groups -OCH3 is 3. The predicted octanol–water partition coefficient (Wildman–Crippen LogP) is 4.06. The fourth-order valence-corrected chi connectivity index (χ4v) is 3.77. The number of thioether (sulfide) groups is 1. The first-order chi connectivity index (χ1) is 14.1. The Bertz CT molecular complexity index is 881. The standard InChI is InChI=1S/C20H25ClN4O3S/c1-26-16-8-6-13(10-14(16)21)22-20(29-4)23-19-11-15(24-25-19)12-5-7-17(27-2)18(9-12)28-3/h5-10,15,19,24-25H,11H2,1-4H3,(H,22,23). The molecule has 3 rings (SSSR count). The van der Waals surface area contributed by atoms with E-state index in [1.165, 1.54) is 11.8 Å². The Labute approximate surface area is 180 Å². The number of ether oxygens (including phenoxy) is 3. The third-order valence-electron chi connectivity index (χ3n) is 4.56. The molecule has 2 aromatic carbocycles. The number of rotatable bonds is 6. The molecule has 0 bridgehead atoms. The van der Waals surface area contributed by atoms with Crippen LogP contribution in [0.25, 0.3) is 0 Å². The molecule has 0 amide bonds. The molecular weight excluding hydrogens is 412 g/mol. The Morgan fingerprint density at radius 2 is 1.76 bits per heavy atom. The molecule has 1 fully saturated rings. The summed E-state index contributed by atoms with van der Waals surface area (Å²) in [4.78, 5) is 4.78. The number of benzene rings is 2. The summed E-state index contributed by atoms with van der Waals surface area (Å²) in [6.07, 6.45) is 2.70. The van der Waals surface area contributed by atoms with Crippen molar-refractivity contribution in [2.45, 2.75) is 18.6 Å². The number of hydrazine groups is 1. The Morgan fingerprint density at radius 3 is 2.41 bits per heavy atom. The molecule has 2 atom stereocenters. The van der Waals surface area contributed by atoms with Gasteiger partial charge in [0.25, 0.3) is 0 Å². The second-order valence-electron chi connectivity index (χ2n) is 6.32. The number of amidine groups is 1. The topological polar surface area (TPSA) is 76.1 Å². The van der Waals surface area contributed by atoms with E-state index in [0.29, 0.717) is 22.3 Å². The third-order valence-corrected chi connectivity index (χ3v) is 5.45. The minimum absolute atomic E-state index is 0.0724. The summed E-state index contributed by atoms with van der Waals surface area (Å²) in [6.45, 7) is 0. The Kier molecular flexibility index (Phi) is 7.49. The van der Waals surface area contributed by atoms with Gasteiger partial charge in [-0.3, -0.25) is 0 Å². The SMILES string of the molecule is COc1ccc(N/C(=N/C2CC(c3ccc(OC)c(OC)c3)NN2)SC)cc1Cl. The number of hydrogen-bond donors (Lipinski definition) is 3. The van der Waals surface area contributed by atoms with E-state index in [2.05, 4.69) is 16.2 Å². The average molecular weight is 437 g/mol. The van der Waals surface area contributed by atoms with Crippen molar-refractivity contribution in [2.75, 3.05) is 32.9 Å². The van der Waals surface area contributed by atoms with E-state index in [9.17, 15) is 0 Å². The highest BCUT2D eigenvalue weighted by Crippen LogP contribution is 2.33. The molecule has 9 heteroatoms. The zero-order valence-corrected chi connectivity index (χ0v) is 18.4. The predicted molar refractivity (Wildman–Crippen MR) is 120 cm³/mol. The first-order valence-corrected chi connectivity index (χ1v) is 10.6. The number of hydrogen-bond acceptors (Lipinski definition) is 7. The van der Waals surface area contributed by atoms with Crippen LogP contribution in [0.4, 0.5) is 5.69 Å². The van der Waals surface area contributed by atoms with E-state index in [1.807, 2.05) is 42.7 Å². The molecule has 7 nitrogen and oxygen atoms in total. The van der Waals surface area contributed by atoms with Crippen molar-refractivity contribution >= 4 is 34.2 Å². The van der Waals surface area contributed by atoms with Gasteiger partial charge in [-0.1, -0.05) is 29.4 Å². The first-order valence-electron chi connectivity index (χ1n) is 9.03. The van der Waals surface area contributed by atoms with Gasteiger partial charge >= 0.3 is 0 Å². The largest absolute Gasteiger partial charge is 0.495 e. The van der Waals surface area contributed by atoms with Crippen LogP contribution in [0.3, 0.4) is 0 Å². The summed E-state index contributed by atoms with van der Waals surface area (Å²) in [5.41, 5.74) is 8.50. The van der Waals surface area contributed by atoms with E-state index in [1.54, 1.807) is 21.3 Å². The molecule has 0 aromatic heterocycles. The van der Waals surface area contributed by atoms with Gasteiger partial charge in [-0.05, 0) is 42.2 Å². The quantitative estimate of drug-likeness (QED) is 0.465. The second kappa shape index (κ2) is 10.1. The molecule has 1 aliphatic heterocycles. The van der Waals surface area contributed by atoms with Crippen molar-refractivity contribution in [3.05, 3.63) is 47.0 Å². The molecule has 1 heterocycles. The molecule has 0 spiro atoms. The average Bonchev–Trinajstić information content (AvgIpc) is 3.21. The number of halogens is 1. The van der Waals surface area contributed by atoms with Crippen LogP contribution in [0.5, 0.6) is 17.2 Å². The lowest BCUT2D eigenvalue weighted by molar-refractivity contribution is 0.354. The maximum Gasteiger partial charge on any atom is 0.162 e. The first kappa shape index (κ1) is 21.6. The Morgan fingerprint density at radius 1 is 1.03 bits per heavy atom. The molecule has 29 heavy (non-hydrogen) atoms. The van der Waals surface area contributed by atoms with Crippen LogP contribution in [0.2, 0.25) is 5.02 Å². The van der Waals surface area contributed by atoms with Crippen LogP contribution in [-0.4, -0.2) is 38.9 Å². The van der Waals surface area contributed by atoms with Crippen LogP contribution < -0.4 is 30.4 Å². The van der Waals surface area contributed by atoms with Gasteiger partial charge in [0.1, 0.15) is 11.9 Å². The zero-order chi connectivity index (χ0) is 20.8. The molecule has 1 aliphatic rings. The van der Waals surface area contributed by atoms with Crippen molar-refractivity contribution in [3.63, 3.8) is 0 Å². The third kappa shape index (κ3) is 5.27. The fourth-order valence-electron chi connectivity index (χ4n) is 3.06. The van der Waals surface area contributed by atoms with E-state index in [0.717, 1.165) is 22.8 Å². The molecule has 2 aromatic rings. The highest BCUT2D eigenvalue weighted by atomic mass is 35.5. The van der Waals surface area contributed by atoms with Crippen molar-refractivity contribution < 1.29 is 14.2 Å². The van der Waals surface area contributed by atoms with Crippen molar-refractivity contribution in [1.82, 2.24) is 10.9 Å². The van der Waals surface area contributed by atoms with Gasteiger partial charge < -0.3 is 19.5 Å². The Hall–Kier alpha value is -2.13. The van der Waals surface area contributed by atoms with Crippen molar-refractivity contribution in [3.8, 4) is 17.2 Å². The van der Waals surface area contributed by atoms with Gasteiger partial charge in [0.2, 0.25) is 0 Å². The summed E-state index contributed by atoms with van der Waals surface area (Å²) < 4.78 is 15.9. The normalized spacial score (nSPS) is 19.1. The lowest BCUT2D eigenvalue weighted by atomic mass is 10.0. The van der Waals surface area contributed by atoms with E-state index < -0.39 is 0 Å². The number of nitrogens with one attached hydrogen (secondary N) is 3. The summed E-state index contributed by atoms with van der Waals surface area (Å²) >= 11 is 7.74. The van der Waals surface area contributed by atoms with Crippen LogP contribution >= 0.6 is 23.4 Å². The maximum absolute atomic E-state index is 6.21. The van der Waals surface area contributed by atoms with E-state index in [-0.39, 0.29) is 12.2 Å². The lowest BCUT2D eigenvalue weighted by Crippen LogP contribution is -2.30. The summed E-state index contributed by atoms with van der Waals surface area (Å²) in [6, 6.07) is 11.6. The molecule has 0 radical (unpaired) electrons. The minimum atomic E-state index is -0.0724. The van der Waals surface area contributed by atoms with Crippen molar-refractivity contribution in [2.24, 2.45) is 4.99 Å². The molecule has 0 saturated carbocycles. The monoisotopic (exact) mass is 436 g/mol. The Balaban J connectivity index is 1.68. The molecule has 2 unspecified atom stereocenters. The number of aliphatic imine (C=N–C) groups is 1. The second-order valence-corrected chi connectivity index (χ2v) is 7.52. The van der Waals surface area contributed by atoms with Gasteiger partial charge in [0.15, 0.2) is 16.7 Å². The molecule has 156 valence electrons. The number of anilines is 1. The van der Waals surface area contributed by atoms with Crippen LogP contribution in [0, 0.1) is 0 Å². The van der Waals surface area contributed by atoms with Gasteiger partial charge in [-0.15, -0.1) is 0 Å². The van der Waals surface area contributed by atoms with Crippen LogP contribution in [0.1, 0.15) is 18.0 Å². The lowest BCUT2D eigenvalue weighted by Gasteiger charge is -2.13. The summed E-state index contributed by atoms with van der Waals surface area (Å²) in [7, 11) is 4.86. The number of nitrogens with zero attached hydrogens (tertiary/aromatic N) is 1. The van der Waals surface area contributed by atoms with E-state index in [4.69, 9.17) is 30.8 Å². The fraction of sp³-hybridized carbons (Fsp3) is 0.350. The maximum atomic E-state index is 6.21. The van der Waals surface area contributed by atoms with Gasteiger partial charge in [-0.25, -0.2) is 15.8 Å². The zero-order valence-electron chi connectivity index (χ0n) is 16.8. The van der Waals surface area contributed by atoms with Crippen LogP contribution in [-0.2, 0) is 0 Å². The van der Waals surface area contributed by atoms with Crippen LogP contribution in [0.15, 0.2) is 41.4 Å². The minimum Gasteiger partial charge on any atom is -0.495 e. The van der Waals surface area contributed by atoms with Gasteiger partial charge in [0, 0.05) is 18.2 Å². The highest BCUT2D eigenvalue weighted by Gasteiger charge is 2.26. The highest BCUT2D eigenvalue weighted by molar-refractivity contribution is 8.13. The molecule has 0 aliphatic carbocycles. The molecule has 3 N–H and O–H groups in total. The van der Waals surface area contributed by atoms with Crippen molar-refractivity contribution in [1.29, 1.82) is 0 Å². The molecular formula is C20H25ClN4O3S. The smallest absolute Gasteiger partial charge is 0.162 e. The van der Waals surface area contributed by atoms with Gasteiger partial charge in [-0.2, -0.15) is 0 Å².